The Morgan fingerprint density at radius 2 is 2.00 bits per heavy atom. The Morgan fingerprint density at radius 3 is 2.62 bits per heavy atom. The van der Waals surface area contributed by atoms with Crippen LogP contribution in [0.25, 0.3) is 11.3 Å². The highest BCUT2D eigenvalue weighted by Crippen LogP contribution is 2.19. The molecule has 2 N–H and O–H groups in total. The number of halogens is 1. The molecule has 0 atom stereocenters. The van der Waals surface area contributed by atoms with Gasteiger partial charge in [0, 0.05) is 25.7 Å². The van der Waals surface area contributed by atoms with E-state index in [0.717, 1.165) is 11.3 Å². The van der Waals surface area contributed by atoms with Crippen LogP contribution >= 0.6 is 24.0 Å². The molecule has 1 saturated heterocycles. The Kier molecular flexibility index (Phi) is 7.88. The number of guanidine groups is 1. The molecule has 1 aromatic heterocycles. The highest BCUT2D eigenvalue weighted by Gasteiger charge is 2.34. The Labute approximate surface area is 188 Å². The lowest BCUT2D eigenvalue weighted by atomic mass is 10.1. The second kappa shape index (κ2) is 9.95. The monoisotopic (exact) mass is 513 g/mol. The van der Waals surface area contributed by atoms with Crippen molar-refractivity contribution in [3.63, 3.8) is 0 Å². The normalized spacial score (nSPS) is 14.6. The number of aliphatic imine (C=N–C) groups is 1. The molecule has 1 fully saturated rings. The van der Waals surface area contributed by atoms with Gasteiger partial charge in [-0.25, -0.2) is 9.78 Å². The maximum Gasteiger partial charge on any atom is 0.410 e. The van der Waals surface area contributed by atoms with Gasteiger partial charge in [0.25, 0.3) is 0 Å². The largest absolute Gasteiger partial charge is 0.444 e. The van der Waals surface area contributed by atoms with Crippen LogP contribution in [0.2, 0.25) is 0 Å². The fourth-order valence-electron chi connectivity index (χ4n) is 2.72. The SMILES string of the molecule is CN=C(NCc1ncc(-c2ccccc2)o1)NC1CN(C(=O)OC(C)(C)C)C1.I. The van der Waals surface area contributed by atoms with E-state index in [4.69, 9.17) is 9.15 Å². The number of hydrogen-bond donors (Lipinski definition) is 2. The van der Waals surface area contributed by atoms with Crippen molar-refractivity contribution in [2.24, 2.45) is 4.99 Å². The van der Waals surface area contributed by atoms with Crippen molar-refractivity contribution >= 4 is 36.0 Å². The topological polar surface area (TPSA) is 92.0 Å². The van der Waals surface area contributed by atoms with Crippen LogP contribution < -0.4 is 10.6 Å². The first-order valence-corrected chi connectivity index (χ1v) is 9.29. The summed E-state index contributed by atoms with van der Waals surface area (Å²) in [5.74, 6) is 1.94. The van der Waals surface area contributed by atoms with Gasteiger partial charge in [0.15, 0.2) is 11.7 Å². The van der Waals surface area contributed by atoms with Crippen LogP contribution in [0.15, 0.2) is 45.9 Å². The summed E-state index contributed by atoms with van der Waals surface area (Å²) in [6, 6.07) is 9.96. The third-order valence-corrected chi connectivity index (χ3v) is 4.12. The second-order valence-electron chi connectivity index (χ2n) is 7.64. The van der Waals surface area contributed by atoms with Gasteiger partial charge in [0.2, 0.25) is 5.89 Å². The van der Waals surface area contributed by atoms with Crippen LogP contribution in [0.1, 0.15) is 26.7 Å². The van der Waals surface area contributed by atoms with E-state index in [0.29, 0.717) is 31.5 Å². The van der Waals surface area contributed by atoms with Gasteiger partial charge in [-0.1, -0.05) is 30.3 Å². The lowest BCUT2D eigenvalue weighted by Gasteiger charge is -2.40. The number of nitrogens with zero attached hydrogens (tertiary/aromatic N) is 3. The Hall–Kier alpha value is -2.30. The molecule has 0 spiro atoms. The molecule has 1 aromatic carbocycles. The van der Waals surface area contributed by atoms with Gasteiger partial charge < -0.3 is 24.7 Å². The van der Waals surface area contributed by atoms with Crippen LogP contribution in [-0.2, 0) is 11.3 Å². The zero-order chi connectivity index (χ0) is 20.1. The van der Waals surface area contributed by atoms with Gasteiger partial charge >= 0.3 is 6.09 Å². The van der Waals surface area contributed by atoms with Gasteiger partial charge in [-0.3, -0.25) is 4.99 Å². The first-order chi connectivity index (χ1) is 13.3. The molecule has 1 aliphatic rings. The standard InChI is InChI=1S/C20H27N5O3.HI/c1-20(2,3)28-19(26)25-12-15(13-25)24-18(21-4)23-11-17-22-10-16(27-17)14-8-6-5-7-9-14;/h5-10,15H,11-13H2,1-4H3,(H2,21,23,24);1H. The fourth-order valence-corrected chi connectivity index (χ4v) is 2.72. The van der Waals surface area contributed by atoms with Crippen LogP contribution in [0.4, 0.5) is 4.79 Å². The highest BCUT2D eigenvalue weighted by atomic mass is 127. The number of carbonyl (C=O) groups is 1. The molecule has 0 saturated carbocycles. The molecule has 29 heavy (non-hydrogen) atoms. The predicted molar refractivity (Wildman–Crippen MR) is 122 cm³/mol. The average Bonchev–Trinajstić information content (AvgIpc) is 3.08. The van der Waals surface area contributed by atoms with Crippen molar-refractivity contribution in [2.75, 3.05) is 20.1 Å². The smallest absolute Gasteiger partial charge is 0.410 e. The third kappa shape index (κ3) is 6.62. The quantitative estimate of drug-likeness (QED) is 0.371. The average molecular weight is 513 g/mol. The van der Waals surface area contributed by atoms with E-state index in [1.807, 2.05) is 51.1 Å². The van der Waals surface area contributed by atoms with Crippen LogP contribution in [0.3, 0.4) is 0 Å². The molecule has 0 aliphatic carbocycles. The first kappa shape index (κ1) is 23.0. The van der Waals surface area contributed by atoms with Crippen molar-refractivity contribution < 1.29 is 13.9 Å². The third-order valence-electron chi connectivity index (χ3n) is 4.12. The minimum Gasteiger partial charge on any atom is -0.444 e. The van der Waals surface area contributed by atoms with E-state index >= 15 is 0 Å². The molecule has 2 heterocycles. The first-order valence-electron chi connectivity index (χ1n) is 9.29. The number of hydrogen-bond acceptors (Lipinski definition) is 5. The van der Waals surface area contributed by atoms with Crippen molar-refractivity contribution in [1.29, 1.82) is 0 Å². The molecular formula is C20H28IN5O3. The van der Waals surface area contributed by atoms with Gasteiger partial charge in [-0.05, 0) is 20.8 Å². The summed E-state index contributed by atoms with van der Waals surface area (Å²) in [6.07, 6.45) is 1.43. The number of ether oxygens (including phenoxy) is 1. The maximum absolute atomic E-state index is 12.0. The predicted octanol–water partition coefficient (Wildman–Crippen LogP) is 3.24. The summed E-state index contributed by atoms with van der Waals surface area (Å²) in [6.45, 7) is 7.14. The summed E-state index contributed by atoms with van der Waals surface area (Å²) in [5.41, 5.74) is 0.502. The molecule has 2 aromatic rings. The molecule has 1 amide bonds. The van der Waals surface area contributed by atoms with E-state index in [9.17, 15) is 4.79 Å². The number of amides is 1. The number of rotatable bonds is 4. The maximum atomic E-state index is 12.0. The van der Waals surface area contributed by atoms with Crippen LogP contribution in [0.5, 0.6) is 0 Å². The van der Waals surface area contributed by atoms with Crippen molar-refractivity contribution in [2.45, 2.75) is 39.0 Å². The summed E-state index contributed by atoms with van der Waals surface area (Å²) in [7, 11) is 1.70. The van der Waals surface area contributed by atoms with E-state index in [1.165, 1.54) is 0 Å². The van der Waals surface area contributed by atoms with Crippen LogP contribution in [0, 0.1) is 0 Å². The zero-order valence-corrected chi connectivity index (χ0v) is 19.5. The van der Waals surface area contributed by atoms with E-state index in [1.54, 1.807) is 18.1 Å². The zero-order valence-electron chi connectivity index (χ0n) is 17.1. The van der Waals surface area contributed by atoms with E-state index in [2.05, 4.69) is 20.6 Å². The molecule has 8 nitrogen and oxygen atoms in total. The van der Waals surface area contributed by atoms with E-state index in [-0.39, 0.29) is 36.1 Å². The number of oxazole rings is 1. The van der Waals surface area contributed by atoms with Crippen molar-refractivity contribution in [3.05, 3.63) is 42.4 Å². The molecule has 9 heteroatoms. The van der Waals surface area contributed by atoms with Gasteiger partial charge in [-0.15, -0.1) is 24.0 Å². The summed E-state index contributed by atoms with van der Waals surface area (Å²) >= 11 is 0. The summed E-state index contributed by atoms with van der Waals surface area (Å²) < 4.78 is 11.1. The lowest BCUT2D eigenvalue weighted by Crippen LogP contribution is -2.63. The van der Waals surface area contributed by atoms with Crippen molar-refractivity contribution in [3.8, 4) is 11.3 Å². The molecule has 0 radical (unpaired) electrons. The van der Waals surface area contributed by atoms with Crippen molar-refractivity contribution in [1.82, 2.24) is 20.5 Å². The molecule has 158 valence electrons. The van der Waals surface area contributed by atoms with Gasteiger partial charge in [0.05, 0.1) is 18.8 Å². The Bertz CT molecular complexity index is 826. The highest BCUT2D eigenvalue weighted by molar-refractivity contribution is 14.0. The van der Waals surface area contributed by atoms with Gasteiger partial charge in [-0.2, -0.15) is 0 Å². The number of likely N-dealkylation sites (tertiary alicyclic amines) is 1. The minimum atomic E-state index is -0.484. The number of benzene rings is 1. The summed E-state index contributed by atoms with van der Waals surface area (Å²) in [5, 5.41) is 6.46. The molecule has 0 unspecified atom stereocenters. The van der Waals surface area contributed by atoms with Gasteiger partial charge in [0.1, 0.15) is 5.60 Å². The molecular weight excluding hydrogens is 485 g/mol. The van der Waals surface area contributed by atoms with E-state index < -0.39 is 5.60 Å². The molecule has 1 aliphatic heterocycles. The Morgan fingerprint density at radius 1 is 1.31 bits per heavy atom. The molecule has 0 bridgehead atoms. The van der Waals surface area contributed by atoms with Crippen LogP contribution in [-0.4, -0.2) is 53.7 Å². The second-order valence-corrected chi connectivity index (χ2v) is 7.64. The fraction of sp³-hybridized carbons (Fsp3) is 0.450. The Balaban J connectivity index is 0.00000300. The number of carbonyl (C=O) groups excluding carboxylic acids is 1. The minimum absolute atomic E-state index is 0. The lowest BCUT2D eigenvalue weighted by molar-refractivity contribution is 0.00701. The molecule has 3 rings (SSSR count). The number of aromatic nitrogens is 1. The number of nitrogens with one attached hydrogen (secondary N) is 2. The summed E-state index contributed by atoms with van der Waals surface area (Å²) in [4.78, 5) is 22.2.